The van der Waals surface area contributed by atoms with Gasteiger partial charge in [0, 0.05) is 12.8 Å². The van der Waals surface area contributed by atoms with E-state index in [0.29, 0.717) is 0 Å². The van der Waals surface area contributed by atoms with Crippen molar-refractivity contribution in [2.75, 3.05) is 13.1 Å². The van der Waals surface area contributed by atoms with Crippen LogP contribution in [0.1, 0.15) is 16.7 Å². The number of benzene rings is 2. The van der Waals surface area contributed by atoms with E-state index in [-0.39, 0.29) is 24.9 Å². The number of fused-ring (bicyclic) bond motifs is 1. The van der Waals surface area contributed by atoms with Crippen molar-refractivity contribution < 1.29 is 9.59 Å². The number of carbonyl (C=O) groups excluding carboxylic acids is 2. The molecule has 3 rings (SSSR count). The molecule has 0 saturated carbocycles. The third-order valence-electron chi connectivity index (χ3n) is 4.44. The molecule has 24 heavy (non-hydrogen) atoms. The molecule has 0 bridgehead atoms. The minimum absolute atomic E-state index is 0.0685. The van der Waals surface area contributed by atoms with Crippen molar-refractivity contribution in [3.05, 3.63) is 71.3 Å². The molecule has 0 atom stereocenters. The second-order valence-corrected chi connectivity index (χ2v) is 6.10. The fourth-order valence-corrected chi connectivity index (χ4v) is 3.30. The third-order valence-corrected chi connectivity index (χ3v) is 4.44. The summed E-state index contributed by atoms with van der Waals surface area (Å²) in [5, 5.41) is 5.66. The SMILES string of the molecule is NCC(=O)NCC(=O)NC1(c2ccccc2)Cc2ccccc2C1. The highest BCUT2D eigenvalue weighted by Crippen LogP contribution is 2.37. The summed E-state index contributed by atoms with van der Waals surface area (Å²) in [5.41, 5.74) is 8.33. The van der Waals surface area contributed by atoms with Crippen LogP contribution in [0.5, 0.6) is 0 Å². The number of carbonyl (C=O) groups is 2. The maximum absolute atomic E-state index is 12.4. The summed E-state index contributed by atoms with van der Waals surface area (Å²) in [6.45, 7) is -0.191. The first kappa shape index (κ1) is 16.2. The molecule has 0 aliphatic heterocycles. The molecule has 5 nitrogen and oxygen atoms in total. The van der Waals surface area contributed by atoms with Gasteiger partial charge in [-0.05, 0) is 16.7 Å². The van der Waals surface area contributed by atoms with E-state index in [1.165, 1.54) is 11.1 Å². The summed E-state index contributed by atoms with van der Waals surface area (Å²) < 4.78 is 0. The van der Waals surface area contributed by atoms with E-state index in [1.807, 2.05) is 42.5 Å². The van der Waals surface area contributed by atoms with Gasteiger partial charge < -0.3 is 16.4 Å². The van der Waals surface area contributed by atoms with Crippen molar-refractivity contribution in [2.45, 2.75) is 18.4 Å². The molecule has 0 unspecified atom stereocenters. The lowest BCUT2D eigenvalue weighted by Gasteiger charge is -2.31. The molecule has 1 aliphatic carbocycles. The van der Waals surface area contributed by atoms with Gasteiger partial charge in [-0.15, -0.1) is 0 Å². The first-order valence-electron chi connectivity index (χ1n) is 8.03. The monoisotopic (exact) mass is 323 g/mol. The molecule has 2 aromatic rings. The fourth-order valence-electron chi connectivity index (χ4n) is 3.30. The Kier molecular flexibility index (Phi) is 4.62. The van der Waals surface area contributed by atoms with Gasteiger partial charge in [-0.2, -0.15) is 0 Å². The van der Waals surface area contributed by atoms with Crippen molar-refractivity contribution in [3.8, 4) is 0 Å². The highest BCUT2D eigenvalue weighted by atomic mass is 16.2. The topological polar surface area (TPSA) is 84.2 Å². The zero-order valence-electron chi connectivity index (χ0n) is 13.4. The number of nitrogens with two attached hydrogens (primary N) is 1. The van der Waals surface area contributed by atoms with Gasteiger partial charge in [0.25, 0.3) is 0 Å². The summed E-state index contributed by atoms with van der Waals surface area (Å²) >= 11 is 0. The van der Waals surface area contributed by atoms with Gasteiger partial charge >= 0.3 is 0 Å². The average Bonchev–Trinajstić information content (AvgIpc) is 2.99. The highest BCUT2D eigenvalue weighted by Gasteiger charge is 2.39. The number of hydrogen-bond acceptors (Lipinski definition) is 3. The van der Waals surface area contributed by atoms with Gasteiger partial charge in [0.2, 0.25) is 11.8 Å². The third kappa shape index (κ3) is 3.31. The van der Waals surface area contributed by atoms with E-state index in [9.17, 15) is 9.59 Å². The zero-order valence-corrected chi connectivity index (χ0v) is 13.4. The van der Waals surface area contributed by atoms with Crippen LogP contribution in [0.4, 0.5) is 0 Å². The summed E-state index contributed by atoms with van der Waals surface area (Å²) in [6, 6.07) is 18.2. The molecule has 2 aromatic carbocycles. The van der Waals surface area contributed by atoms with E-state index in [4.69, 9.17) is 5.73 Å². The second-order valence-electron chi connectivity index (χ2n) is 6.10. The van der Waals surface area contributed by atoms with Gasteiger partial charge in [-0.25, -0.2) is 0 Å². The molecule has 4 N–H and O–H groups in total. The molecule has 0 heterocycles. The van der Waals surface area contributed by atoms with Crippen LogP contribution < -0.4 is 16.4 Å². The van der Waals surface area contributed by atoms with Crippen LogP contribution in [0.2, 0.25) is 0 Å². The maximum atomic E-state index is 12.4. The standard InChI is InChI=1S/C19H21N3O2/c20-12-17(23)21-13-18(24)22-19(16-8-2-1-3-9-16)10-14-6-4-5-7-15(14)11-19/h1-9H,10-13,20H2,(H,21,23)(H,22,24). The largest absolute Gasteiger partial charge is 0.346 e. The molecule has 0 fully saturated rings. The Labute approximate surface area is 141 Å². The normalized spacial score (nSPS) is 14.7. The molecule has 0 aromatic heterocycles. The summed E-state index contributed by atoms with van der Waals surface area (Å²) in [7, 11) is 0. The Bertz CT molecular complexity index is 718. The molecule has 2 amide bonds. The number of amides is 2. The minimum atomic E-state index is -0.477. The van der Waals surface area contributed by atoms with E-state index >= 15 is 0 Å². The van der Waals surface area contributed by atoms with E-state index in [2.05, 4.69) is 22.8 Å². The smallest absolute Gasteiger partial charge is 0.240 e. The summed E-state index contributed by atoms with van der Waals surface area (Å²) in [5.74, 6) is -0.554. The van der Waals surface area contributed by atoms with Crippen LogP contribution in [0.15, 0.2) is 54.6 Å². The molecule has 124 valence electrons. The quantitative estimate of drug-likeness (QED) is 0.763. The van der Waals surface area contributed by atoms with Crippen molar-refractivity contribution in [2.24, 2.45) is 5.73 Å². The fraction of sp³-hybridized carbons (Fsp3) is 0.263. The van der Waals surface area contributed by atoms with Gasteiger partial charge in [0.05, 0.1) is 18.6 Å². The Morgan fingerprint density at radius 2 is 1.50 bits per heavy atom. The van der Waals surface area contributed by atoms with Crippen molar-refractivity contribution in [3.63, 3.8) is 0 Å². The molecule has 1 aliphatic rings. The first-order chi connectivity index (χ1) is 11.6. The van der Waals surface area contributed by atoms with Gasteiger partial charge in [-0.3, -0.25) is 9.59 Å². The van der Waals surface area contributed by atoms with Crippen LogP contribution in [-0.4, -0.2) is 24.9 Å². The highest BCUT2D eigenvalue weighted by molar-refractivity contribution is 5.86. The van der Waals surface area contributed by atoms with Gasteiger partial charge in [0.15, 0.2) is 0 Å². The lowest BCUT2D eigenvalue weighted by atomic mass is 9.86. The maximum Gasteiger partial charge on any atom is 0.240 e. The molecule has 0 radical (unpaired) electrons. The van der Waals surface area contributed by atoms with E-state index < -0.39 is 5.54 Å². The summed E-state index contributed by atoms with van der Waals surface area (Å²) in [4.78, 5) is 23.6. The predicted molar refractivity (Wildman–Crippen MR) is 92.2 cm³/mol. The zero-order chi connectivity index (χ0) is 17.0. The molecule has 5 heteroatoms. The number of rotatable bonds is 5. The number of hydrogen-bond donors (Lipinski definition) is 3. The minimum Gasteiger partial charge on any atom is -0.346 e. The first-order valence-corrected chi connectivity index (χ1v) is 8.03. The van der Waals surface area contributed by atoms with Crippen molar-refractivity contribution in [1.29, 1.82) is 0 Å². The van der Waals surface area contributed by atoms with Crippen LogP contribution in [0.3, 0.4) is 0 Å². The van der Waals surface area contributed by atoms with Crippen LogP contribution in [0, 0.1) is 0 Å². The Balaban J connectivity index is 1.83. The molecule has 0 spiro atoms. The Morgan fingerprint density at radius 1 is 0.917 bits per heavy atom. The van der Waals surface area contributed by atoms with E-state index in [1.54, 1.807) is 0 Å². The average molecular weight is 323 g/mol. The molecular weight excluding hydrogens is 302 g/mol. The molecule has 0 saturated heterocycles. The predicted octanol–water partition coefficient (Wildman–Crippen LogP) is 0.872. The second kappa shape index (κ2) is 6.84. The Morgan fingerprint density at radius 3 is 2.08 bits per heavy atom. The van der Waals surface area contributed by atoms with Crippen LogP contribution in [-0.2, 0) is 28.0 Å². The summed E-state index contributed by atoms with van der Waals surface area (Å²) in [6.07, 6.45) is 1.48. The van der Waals surface area contributed by atoms with Crippen molar-refractivity contribution in [1.82, 2.24) is 10.6 Å². The van der Waals surface area contributed by atoms with E-state index in [0.717, 1.165) is 18.4 Å². The van der Waals surface area contributed by atoms with Gasteiger partial charge in [-0.1, -0.05) is 54.6 Å². The van der Waals surface area contributed by atoms with Crippen LogP contribution in [0.25, 0.3) is 0 Å². The Hall–Kier alpha value is -2.66. The lowest BCUT2D eigenvalue weighted by Crippen LogP contribution is -2.50. The van der Waals surface area contributed by atoms with Crippen molar-refractivity contribution >= 4 is 11.8 Å². The number of nitrogens with one attached hydrogen (secondary N) is 2. The van der Waals surface area contributed by atoms with Crippen LogP contribution >= 0.6 is 0 Å². The van der Waals surface area contributed by atoms with Gasteiger partial charge in [0.1, 0.15) is 0 Å². The lowest BCUT2D eigenvalue weighted by molar-refractivity contribution is -0.126. The molecular formula is C19H21N3O2.